The predicted octanol–water partition coefficient (Wildman–Crippen LogP) is 3.67. The molecule has 94 valence electrons. The number of amides is 1. The van der Waals surface area contributed by atoms with E-state index < -0.39 is 0 Å². The van der Waals surface area contributed by atoms with E-state index in [0.717, 1.165) is 5.56 Å². The molecular weight excluding hydrogens is 278 g/mol. The molecule has 0 fully saturated rings. The first kappa shape index (κ1) is 14.2. The predicted molar refractivity (Wildman–Crippen MR) is 75.2 cm³/mol. The number of alkyl halides is 1. The second kappa shape index (κ2) is 5.67. The maximum Gasteiger partial charge on any atom is 0.233 e. The maximum absolute atomic E-state index is 11.8. The van der Waals surface area contributed by atoms with Gasteiger partial charge in [-0.15, -0.1) is 0 Å². The molecule has 0 spiro atoms. The number of hydrogen-bond donors (Lipinski definition) is 1. The fourth-order valence-corrected chi connectivity index (χ4v) is 1.83. The molecule has 2 unspecified atom stereocenters. The molecule has 0 saturated heterocycles. The molecule has 1 amide bonds. The van der Waals surface area contributed by atoms with Crippen LogP contribution < -0.4 is 5.32 Å². The minimum absolute atomic E-state index is 0.0150. The zero-order chi connectivity index (χ0) is 13.1. The summed E-state index contributed by atoms with van der Waals surface area (Å²) in [5, 5.41) is 3.09. The van der Waals surface area contributed by atoms with Crippen LogP contribution >= 0.6 is 15.9 Å². The van der Waals surface area contributed by atoms with Gasteiger partial charge in [-0.1, -0.05) is 67.0 Å². The van der Waals surface area contributed by atoms with Crippen LogP contribution in [0.5, 0.6) is 0 Å². The van der Waals surface area contributed by atoms with E-state index in [2.05, 4.69) is 54.2 Å². The summed E-state index contributed by atoms with van der Waals surface area (Å²) in [7, 11) is 0. The highest BCUT2D eigenvalue weighted by molar-refractivity contribution is 9.10. The third-order valence-electron chi connectivity index (χ3n) is 2.65. The van der Waals surface area contributed by atoms with Gasteiger partial charge in [0.15, 0.2) is 0 Å². The Kier molecular flexibility index (Phi) is 4.75. The number of rotatable bonds is 3. The first-order chi connectivity index (χ1) is 7.82. The van der Waals surface area contributed by atoms with Crippen LogP contribution in [0.15, 0.2) is 30.3 Å². The van der Waals surface area contributed by atoms with E-state index in [-0.39, 0.29) is 22.2 Å². The second-order valence-electron chi connectivity index (χ2n) is 5.33. The summed E-state index contributed by atoms with van der Waals surface area (Å²) in [6.45, 7) is 8.22. The van der Waals surface area contributed by atoms with Gasteiger partial charge in [0.05, 0.1) is 10.9 Å². The Morgan fingerprint density at radius 1 is 1.24 bits per heavy atom. The van der Waals surface area contributed by atoms with Gasteiger partial charge in [-0.3, -0.25) is 4.79 Å². The Morgan fingerprint density at radius 3 is 2.18 bits per heavy atom. The lowest BCUT2D eigenvalue weighted by Gasteiger charge is -2.32. The minimum atomic E-state index is -0.170. The maximum atomic E-state index is 11.8. The largest absolute Gasteiger partial charge is 0.348 e. The van der Waals surface area contributed by atoms with Crippen molar-refractivity contribution in [3.05, 3.63) is 35.9 Å². The molecule has 0 saturated carbocycles. The van der Waals surface area contributed by atoms with Crippen LogP contribution in [0, 0.1) is 5.41 Å². The van der Waals surface area contributed by atoms with E-state index in [1.54, 1.807) is 0 Å². The monoisotopic (exact) mass is 297 g/mol. The summed E-state index contributed by atoms with van der Waals surface area (Å²) < 4.78 is 0. The molecule has 2 nitrogen and oxygen atoms in total. The van der Waals surface area contributed by atoms with Crippen molar-refractivity contribution in [2.24, 2.45) is 5.41 Å². The summed E-state index contributed by atoms with van der Waals surface area (Å²) in [5.41, 5.74) is 1.13. The Labute approximate surface area is 112 Å². The molecule has 2 atom stereocenters. The van der Waals surface area contributed by atoms with E-state index in [1.807, 2.05) is 25.1 Å². The van der Waals surface area contributed by atoms with Gasteiger partial charge in [0.25, 0.3) is 0 Å². The number of benzene rings is 1. The van der Waals surface area contributed by atoms with Gasteiger partial charge in [-0.2, -0.15) is 0 Å². The number of halogens is 1. The van der Waals surface area contributed by atoms with Crippen LogP contribution in [0.25, 0.3) is 0 Å². The summed E-state index contributed by atoms with van der Waals surface area (Å²) in [6, 6.07) is 10.1. The summed E-state index contributed by atoms with van der Waals surface area (Å²) in [6.07, 6.45) is 0. The highest BCUT2D eigenvalue weighted by Gasteiger charge is 2.28. The van der Waals surface area contributed by atoms with E-state index in [1.165, 1.54) is 0 Å². The fourth-order valence-electron chi connectivity index (χ4n) is 1.70. The summed E-state index contributed by atoms with van der Waals surface area (Å²) in [5.74, 6) is 0.0220. The smallest absolute Gasteiger partial charge is 0.233 e. The third-order valence-corrected chi connectivity index (χ3v) is 3.06. The average molecular weight is 298 g/mol. The Morgan fingerprint density at radius 2 is 1.76 bits per heavy atom. The molecule has 0 bridgehead atoms. The number of hydrogen-bond acceptors (Lipinski definition) is 1. The van der Waals surface area contributed by atoms with Gasteiger partial charge in [0.2, 0.25) is 5.91 Å². The average Bonchev–Trinajstić information content (AvgIpc) is 2.25. The molecule has 0 radical (unpaired) electrons. The Balaban J connectivity index is 2.95. The van der Waals surface area contributed by atoms with Crippen molar-refractivity contribution >= 4 is 21.8 Å². The van der Waals surface area contributed by atoms with Crippen molar-refractivity contribution in [1.29, 1.82) is 0 Å². The molecule has 17 heavy (non-hydrogen) atoms. The second-order valence-corrected chi connectivity index (χ2v) is 6.71. The van der Waals surface area contributed by atoms with Crippen molar-refractivity contribution in [3.8, 4) is 0 Å². The van der Waals surface area contributed by atoms with Gasteiger partial charge in [0, 0.05) is 0 Å². The van der Waals surface area contributed by atoms with Crippen LogP contribution in [0.2, 0.25) is 0 Å². The molecule has 1 rings (SSSR count). The Bertz CT molecular complexity index is 368. The van der Waals surface area contributed by atoms with Gasteiger partial charge in [-0.05, 0) is 17.9 Å². The van der Waals surface area contributed by atoms with Crippen molar-refractivity contribution in [1.82, 2.24) is 5.32 Å². The van der Waals surface area contributed by atoms with Crippen molar-refractivity contribution in [2.75, 3.05) is 0 Å². The molecule has 0 aromatic heterocycles. The lowest BCUT2D eigenvalue weighted by molar-refractivity contribution is -0.121. The van der Waals surface area contributed by atoms with E-state index >= 15 is 0 Å². The zero-order valence-corrected chi connectivity index (χ0v) is 12.4. The van der Waals surface area contributed by atoms with Gasteiger partial charge >= 0.3 is 0 Å². The molecule has 1 N–H and O–H groups in total. The van der Waals surface area contributed by atoms with E-state index in [4.69, 9.17) is 0 Å². The standard InChI is InChI=1S/C14H20BrNO/c1-10(15)13(17)16-12(14(2,3)4)11-8-6-5-7-9-11/h5-10,12H,1-4H3,(H,16,17). The molecule has 0 aliphatic carbocycles. The first-order valence-corrected chi connectivity index (χ1v) is 6.73. The van der Waals surface area contributed by atoms with Gasteiger partial charge in [0.1, 0.15) is 0 Å². The molecule has 3 heteroatoms. The highest BCUT2D eigenvalue weighted by Crippen LogP contribution is 2.32. The number of carbonyl (C=O) groups is 1. The molecule has 0 heterocycles. The molecule has 0 aliphatic heterocycles. The molecule has 1 aromatic carbocycles. The first-order valence-electron chi connectivity index (χ1n) is 5.82. The molecule has 0 aliphatic rings. The quantitative estimate of drug-likeness (QED) is 0.848. The third kappa shape index (κ3) is 4.15. The van der Waals surface area contributed by atoms with Crippen molar-refractivity contribution in [3.63, 3.8) is 0 Å². The molecular formula is C14H20BrNO. The Hall–Kier alpha value is -0.830. The summed E-state index contributed by atoms with van der Waals surface area (Å²) in [4.78, 5) is 11.6. The normalized spacial score (nSPS) is 15.1. The summed E-state index contributed by atoms with van der Waals surface area (Å²) >= 11 is 3.30. The lowest BCUT2D eigenvalue weighted by Crippen LogP contribution is -2.39. The van der Waals surface area contributed by atoms with Gasteiger partial charge < -0.3 is 5.32 Å². The van der Waals surface area contributed by atoms with Crippen molar-refractivity contribution < 1.29 is 4.79 Å². The highest BCUT2D eigenvalue weighted by atomic mass is 79.9. The van der Waals surface area contributed by atoms with E-state index in [9.17, 15) is 4.79 Å². The molecule has 1 aromatic rings. The van der Waals surface area contributed by atoms with Gasteiger partial charge in [-0.25, -0.2) is 0 Å². The van der Waals surface area contributed by atoms with E-state index in [0.29, 0.717) is 0 Å². The lowest BCUT2D eigenvalue weighted by atomic mass is 9.82. The van der Waals surface area contributed by atoms with Crippen LogP contribution in [0.1, 0.15) is 39.3 Å². The number of nitrogens with one attached hydrogen (secondary N) is 1. The van der Waals surface area contributed by atoms with Crippen LogP contribution in [0.3, 0.4) is 0 Å². The van der Waals surface area contributed by atoms with Crippen molar-refractivity contribution in [2.45, 2.75) is 38.6 Å². The van der Waals surface area contributed by atoms with Crippen LogP contribution in [-0.4, -0.2) is 10.7 Å². The number of carbonyl (C=O) groups excluding carboxylic acids is 1. The van der Waals surface area contributed by atoms with Crippen LogP contribution in [0.4, 0.5) is 0 Å². The minimum Gasteiger partial charge on any atom is -0.348 e. The topological polar surface area (TPSA) is 29.1 Å². The fraction of sp³-hybridized carbons (Fsp3) is 0.500. The SMILES string of the molecule is CC(Br)C(=O)NC(c1ccccc1)C(C)(C)C. The zero-order valence-electron chi connectivity index (χ0n) is 10.8. The van der Waals surface area contributed by atoms with Crippen LogP contribution in [-0.2, 0) is 4.79 Å².